The van der Waals surface area contributed by atoms with E-state index in [1.807, 2.05) is 72.8 Å². The molecule has 44 heavy (non-hydrogen) atoms. The van der Waals surface area contributed by atoms with Crippen LogP contribution in [0.1, 0.15) is 11.1 Å². The number of carbonyl (C=O) groups excluding carboxylic acids is 2. The summed E-state index contributed by atoms with van der Waals surface area (Å²) in [6, 6.07) is 29.5. The fraction of sp³-hybridized carbons (Fsp3) is 0.118. The second-order valence-corrected chi connectivity index (χ2v) is 9.98. The van der Waals surface area contributed by atoms with Crippen LogP contribution in [-0.2, 0) is 22.4 Å². The van der Waals surface area contributed by atoms with Crippen molar-refractivity contribution in [3.8, 4) is 23.0 Å². The van der Waals surface area contributed by atoms with Crippen LogP contribution in [0.4, 0.5) is 0 Å². The van der Waals surface area contributed by atoms with Gasteiger partial charge in [-0.25, -0.2) is 9.59 Å². The Labute approximate surface area is 252 Å². The van der Waals surface area contributed by atoms with Crippen molar-refractivity contribution in [1.29, 1.82) is 0 Å². The Hall–Kier alpha value is -5.58. The number of hydrogen-bond acceptors (Lipinski definition) is 8. The van der Waals surface area contributed by atoms with Gasteiger partial charge in [0.05, 0.1) is 11.0 Å². The normalized spacial score (nSPS) is 11.0. The highest BCUT2D eigenvalue weighted by molar-refractivity contribution is 6.30. The van der Waals surface area contributed by atoms with Gasteiger partial charge in [-0.2, -0.15) is 9.46 Å². The van der Waals surface area contributed by atoms with E-state index in [1.54, 1.807) is 36.7 Å². The molecule has 6 rings (SSSR count). The van der Waals surface area contributed by atoms with Gasteiger partial charge in [0.25, 0.3) is 0 Å². The number of aromatic nitrogens is 2. The van der Waals surface area contributed by atoms with Crippen LogP contribution in [0.25, 0.3) is 21.8 Å². The molecule has 0 unspecified atom stereocenters. The van der Waals surface area contributed by atoms with Crippen molar-refractivity contribution in [1.82, 2.24) is 9.46 Å². The molecule has 0 saturated heterocycles. The highest BCUT2D eigenvalue weighted by Gasteiger charge is 2.24. The van der Waals surface area contributed by atoms with Crippen LogP contribution in [0.5, 0.6) is 23.0 Å². The molecule has 4 aromatic carbocycles. The lowest BCUT2D eigenvalue weighted by Gasteiger charge is -2.09. The minimum atomic E-state index is -1.20. The van der Waals surface area contributed by atoms with Gasteiger partial charge < -0.3 is 30.6 Å². The molecule has 0 spiro atoms. The number of ether oxygens (including phenoxy) is 2. The van der Waals surface area contributed by atoms with Gasteiger partial charge in [0, 0.05) is 23.2 Å². The summed E-state index contributed by atoms with van der Waals surface area (Å²) >= 11 is 0. The van der Waals surface area contributed by atoms with Crippen LogP contribution in [0, 0.1) is 0 Å². The van der Waals surface area contributed by atoms with Gasteiger partial charge in [-0.3, -0.25) is 0 Å². The molecular formula is C34H30N4O6. The van der Waals surface area contributed by atoms with Crippen LogP contribution < -0.4 is 30.6 Å². The highest BCUT2D eigenvalue weighted by atomic mass is 16.7. The molecule has 0 fully saturated rings. The molecule has 2 heterocycles. The van der Waals surface area contributed by atoms with Crippen molar-refractivity contribution in [3.63, 3.8) is 0 Å². The third-order valence-electron chi connectivity index (χ3n) is 6.96. The second-order valence-electron chi connectivity index (χ2n) is 9.98. The van der Waals surface area contributed by atoms with Gasteiger partial charge in [-0.15, -0.1) is 0 Å². The van der Waals surface area contributed by atoms with Crippen molar-refractivity contribution >= 4 is 33.7 Å². The van der Waals surface area contributed by atoms with Crippen LogP contribution in [0.2, 0.25) is 0 Å². The zero-order valence-corrected chi connectivity index (χ0v) is 23.7. The first kappa shape index (κ1) is 28.5. The van der Waals surface area contributed by atoms with Crippen LogP contribution in [-0.4, -0.2) is 34.5 Å². The van der Waals surface area contributed by atoms with Gasteiger partial charge in [0.15, 0.2) is 0 Å². The molecule has 0 atom stereocenters. The number of fused-ring (bicyclic) bond motifs is 2. The molecular weight excluding hydrogens is 560 g/mol. The second kappa shape index (κ2) is 12.7. The molecule has 0 amide bonds. The molecule has 0 aliphatic rings. The maximum absolute atomic E-state index is 12.9. The molecule has 0 bridgehead atoms. The molecule has 10 nitrogen and oxygen atoms in total. The van der Waals surface area contributed by atoms with E-state index in [1.165, 1.54) is 9.46 Å². The summed E-state index contributed by atoms with van der Waals surface area (Å²) in [5.41, 5.74) is 14.5. The summed E-state index contributed by atoms with van der Waals surface area (Å²) in [5.74, 6) is 0.195. The van der Waals surface area contributed by atoms with Gasteiger partial charge >= 0.3 is 11.9 Å². The summed E-state index contributed by atoms with van der Waals surface area (Å²) in [6.07, 6.45) is 4.31. The lowest BCUT2D eigenvalue weighted by atomic mass is 10.1. The zero-order chi connectivity index (χ0) is 30.5. The molecule has 0 aliphatic carbocycles. The first-order valence-corrected chi connectivity index (χ1v) is 14.1. The third-order valence-corrected chi connectivity index (χ3v) is 6.96. The van der Waals surface area contributed by atoms with Crippen molar-refractivity contribution < 1.29 is 28.7 Å². The summed E-state index contributed by atoms with van der Waals surface area (Å²) < 4.78 is 14.4. The SMILES string of the molecule is NCCc1cn(OC(=O)C(=O)On2cc(CCN)c3cc(Oc4ccccc4)ccc32)c2ccc(Oc3ccccc3)cc12. The van der Waals surface area contributed by atoms with E-state index in [9.17, 15) is 9.59 Å². The number of rotatable bonds is 10. The molecule has 0 aliphatic heterocycles. The number of hydrogen-bond donors (Lipinski definition) is 2. The van der Waals surface area contributed by atoms with Gasteiger partial charge in [0.1, 0.15) is 23.0 Å². The minimum Gasteiger partial charge on any atom is -0.457 e. The molecule has 2 aromatic heterocycles. The monoisotopic (exact) mass is 590 g/mol. The Bertz CT molecular complexity index is 1790. The Morgan fingerprint density at radius 1 is 0.545 bits per heavy atom. The maximum atomic E-state index is 12.9. The quantitative estimate of drug-likeness (QED) is 0.218. The Kier molecular flexibility index (Phi) is 8.26. The Morgan fingerprint density at radius 2 is 0.955 bits per heavy atom. The Morgan fingerprint density at radius 3 is 1.34 bits per heavy atom. The van der Waals surface area contributed by atoms with Crippen molar-refractivity contribution in [2.45, 2.75) is 12.8 Å². The number of nitrogens with two attached hydrogens (primary N) is 2. The summed E-state index contributed by atoms with van der Waals surface area (Å²) in [5, 5.41) is 1.56. The largest absolute Gasteiger partial charge is 0.457 e. The van der Waals surface area contributed by atoms with Gasteiger partial charge in [-0.1, -0.05) is 36.4 Å². The van der Waals surface area contributed by atoms with E-state index in [4.69, 9.17) is 30.6 Å². The van der Waals surface area contributed by atoms with E-state index >= 15 is 0 Å². The van der Waals surface area contributed by atoms with E-state index < -0.39 is 11.9 Å². The lowest BCUT2D eigenvalue weighted by Crippen LogP contribution is -2.34. The molecule has 6 aromatic rings. The third kappa shape index (κ3) is 6.12. The van der Waals surface area contributed by atoms with Gasteiger partial charge in [0.2, 0.25) is 0 Å². The number of nitrogens with zero attached hydrogens (tertiary/aromatic N) is 2. The molecule has 222 valence electrons. The van der Waals surface area contributed by atoms with E-state index in [-0.39, 0.29) is 0 Å². The topological polar surface area (TPSA) is 133 Å². The first-order chi connectivity index (χ1) is 21.5. The fourth-order valence-corrected chi connectivity index (χ4v) is 4.98. The average Bonchev–Trinajstić information content (AvgIpc) is 3.55. The van der Waals surface area contributed by atoms with Crippen LogP contribution in [0.3, 0.4) is 0 Å². The van der Waals surface area contributed by atoms with E-state index in [0.29, 0.717) is 60.0 Å². The number of benzene rings is 4. The van der Waals surface area contributed by atoms with Crippen molar-refractivity contribution in [2.24, 2.45) is 11.5 Å². The lowest BCUT2D eigenvalue weighted by molar-refractivity contribution is -0.167. The van der Waals surface area contributed by atoms with Gasteiger partial charge in [-0.05, 0) is 97.7 Å². The molecule has 0 saturated carbocycles. The average molecular weight is 591 g/mol. The smallest absolute Gasteiger partial charge is 0.444 e. The summed E-state index contributed by atoms with van der Waals surface area (Å²) in [4.78, 5) is 36.8. The zero-order valence-electron chi connectivity index (χ0n) is 23.7. The first-order valence-electron chi connectivity index (χ1n) is 14.1. The van der Waals surface area contributed by atoms with E-state index in [0.717, 1.165) is 21.9 Å². The van der Waals surface area contributed by atoms with Crippen molar-refractivity contribution in [2.75, 3.05) is 13.1 Å². The number of para-hydroxylation sites is 2. The minimum absolute atomic E-state index is 0.378. The molecule has 10 heteroatoms. The molecule has 0 radical (unpaired) electrons. The predicted octanol–water partition coefficient (Wildman–Crippen LogP) is 4.79. The maximum Gasteiger partial charge on any atom is 0.444 e. The highest BCUT2D eigenvalue weighted by Crippen LogP contribution is 2.30. The summed E-state index contributed by atoms with van der Waals surface area (Å²) in [7, 11) is 0. The van der Waals surface area contributed by atoms with Crippen LogP contribution in [0.15, 0.2) is 109 Å². The van der Waals surface area contributed by atoms with Crippen molar-refractivity contribution in [3.05, 3.63) is 121 Å². The van der Waals surface area contributed by atoms with E-state index in [2.05, 4.69) is 0 Å². The molecule has 4 N–H and O–H groups in total. The fourth-order valence-electron chi connectivity index (χ4n) is 4.98. The summed E-state index contributed by atoms with van der Waals surface area (Å²) in [6.45, 7) is 0.756. The Balaban J connectivity index is 1.22. The van der Waals surface area contributed by atoms with Crippen LogP contribution >= 0.6 is 0 Å². The number of carbonyl (C=O) groups is 2. The predicted molar refractivity (Wildman–Crippen MR) is 166 cm³/mol. The standard InChI is InChI=1S/C34H30N4O6/c35-17-15-23-21-37(31-13-11-27(19-29(23)31)41-25-7-3-1-4-8-25)43-33(39)34(40)44-38-22-24(16-18-36)30-20-28(12-14-32(30)38)42-26-9-5-2-6-10-26/h1-14,19-22H,15-18,35-36H2.